The van der Waals surface area contributed by atoms with Crippen LogP contribution in [0.2, 0.25) is 0 Å². The Hall–Kier alpha value is -3.06. The molecule has 0 fully saturated rings. The molecule has 0 aliphatic heterocycles. The van der Waals surface area contributed by atoms with Crippen molar-refractivity contribution in [2.45, 2.75) is 17.8 Å². The molecule has 1 nitrogen and oxygen atoms in total. The van der Waals surface area contributed by atoms with Crippen LogP contribution in [0.15, 0.2) is 108 Å². The maximum atomic E-state index is 6.23. The number of benzene rings is 3. The quantitative estimate of drug-likeness (QED) is 0.676. The normalized spacial score (nSPS) is 19.9. The van der Waals surface area contributed by atoms with E-state index in [0.717, 1.165) is 12.1 Å². The van der Waals surface area contributed by atoms with Gasteiger partial charge >= 0.3 is 0 Å². The van der Waals surface area contributed by atoms with Crippen molar-refractivity contribution < 1.29 is 0 Å². The molecule has 1 unspecified atom stereocenters. The van der Waals surface area contributed by atoms with Gasteiger partial charge in [-0.2, -0.15) is 0 Å². The first-order chi connectivity index (χ1) is 12.8. The molecule has 2 aliphatic carbocycles. The molecule has 0 saturated heterocycles. The lowest BCUT2D eigenvalue weighted by atomic mass is 9.66. The summed E-state index contributed by atoms with van der Waals surface area (Å²) in [6, 6.07) is 30.7. The topological polar surface area (TPSA) is 26.0 Å². The number of hydrogen-bond donors (Lipinski definition) is 1. The van der Waals surface area contributed by atoms with Crippen LogP contribution in [0.1, 0.15) is 34.6 Å². The first kappa shape index (κ1) is 15.2. The molecule has 0 aromatic heterocycles. The third-order valence-corrected chi connectivity index (χ3v) is 5.88. The van der Waals surface area contributed by atoms with Crippen molar-refractivity contribution in [1.82, 2.24) is 0 Å². The molecule has 2 aliphatic rings. The number of hydrogen-bond acceptors (Lipinski definition) is 1. The summed E-state index contributed by atoms with van der Waals surface area (Å²) in [6.07, 6.45) is 5.26. The highest BCUT2D eigenvalue weighted by atomic mass is 14.6. The third kappa shape index (κ3) is 1.97. The van der Waals surface area contributed by atoms with E-state index in [9.17, 15) is 0 Å². The number of rotatable bonds is 2. The minimum atomic E-state index is -0.249. The van der Waals surface area contributed by atoms with E-state index in [0.29, 0.717) is 5.92 Å². The molecular weight excluding hydrogens is 314 g/mol. The Morgan fingerprint density at radius 3 is 1.92 bits per heavy atom. The van der Waals surface area contributed by atoms with Gasteiger partial charge in [0, 0.05) is 11.6 Å². The molecule has 0 saturated carbocycles. The minimum absolute atomic E-state index is 0.249. The zero-order chi connectivity index (χ0) is 17.6. The molecule has 0 radical (unpaired) electrons. The monoisotopic (exact) mass is 335 g/mol. The fourth-order valence-electron chi connectivity index (χ4n) is 4.88. The maximum Gasteiger partial charge on any atom is 0.0673 e. The Bertz CT molecular complexity index is 973. The lowest BCUT2D eigenvalue weighted by molar-refractivity contribution is 0.679. The Labute approximate surface area is 154 Å². The molecule has 126 valence electrons. The molecular formula is C25H21N. The molecule has 5 rings (SSSR count). The highest BCUT2D eigenvalue weighted by Gasteiger charge is 2.50. The lowest BCUT2D eigenvalue weighted by Gasteiger charge is -2.36. The lowest BCUT2D eigenvalue weighted by Crippen LogP contribution is -2.30. The van der Waals surface area contributed by atoms with Crippen LogP contribution < -0.4 is 5.73 Å². The Morgan fingerprint density at radius 1 is 0.692 bits per heavy atom. The van der Waals surface area contributed by atoms with E-state index in [1.807, 2.05) is 0 Å². The molecule has 0 spiro atoms. The first-order valence-electron chi connectivity index (χ1n) is 9.19. The van der Waals surface area contributed by atoms with Crippen LogP contribution in [0.4, 0.5) is 0 Å². The van der Waals surface area contributed by atoms with Crippen LogP contribution in [0.5, 0.6) is 0 Å². The molecule has 1 atom stereocenters. The molecule has 0 amide bonds. The van der Waals surface area contributed by atoms with Crippen molar-refractivity contribution in [3.05, 3.63) is 131 Å². The summed E-state index contributed by atoms with van der Waals surface area (Å²) in [7, 11) is 0. The van der Waals surface area contributed by atoms with Crippen molar-refractivity contribution in [1.29, 1.82) is 0 Å². The Morgan fingerprint density at radius 2 is 1.27 bits per heavy atom. The first-order valence-corrected chi connectivity index (χ1v) is 9.19. The highest BCUT2D eigenvalue weighted by molar-refractivity contribution is 5.69. The molecule has 0 heterocycles. The average molecular weight is 335 g/mol. The smallest absolute Gasteiger partial charge is 0.0673 e. The van der Waals surface area contributed by atoms with Crippen LogP contribution in [-0.4, -0.2) is 0 Å². The SMILES string of the molecule is NC1=CC=C2C(C1)c1ccccc1C2(c1ccccc1)c1ccccc1. The predicted molar refractivity (Wildman–Crippen MR) is 107 cm³/mol. The van der Waals surface area contributed by atoms with Gasteiger partial charge in [0.15, 0.2) is 0 Å². The summed E-state index contributed by atoms with van der Waals surface area (Å²) in [5.74, 6) is 0.344. The molecule has 3 aromatic carbocycles. The fourth-order valence-corrected chi connectivity index (χ4v) is 4.88. The van der Waals surface area contributed by atoms with E-state index in [4.69, 9.17) is 5.73 Å². The molecule has 0 bridgehead atoms. The van der Waals surface area contributed by atoms with Gasteiger partial charge in [0.05, 0.1) is 5.41 Å². The van der Waals surface area contributed by atoms with E-state index in [-0.39, 0.29) is 5.41 Å². The van der Waals surface area contributed by atoms with E-state index < -0.39 is 0 Å². The standard InChI is InChI=1S/C25H21N/c26-20-15-16-24-22(17-20)21-13-7-8-14-23(21)25(24,18-9-3-1-4-10-18)19-11-5-2-6-12-19/h1-16,22H,17,26H2. The van der Waals surface area contributed by atoms with Gasteiger partial charge in [-0.25, -0.2) is 0 Å². The summed E-state index contributed by atoms with van der Waals surface area (Å²) in [5.41, 5.74) is 13.8. The van der Waals surface area contributed by atoms with Crippen molar-refractivity contribution in [2.75, 3.05) is 0 Å². The van der Waals surface area contributed by atoms with Gasteiger partial charge in [-0.1, -0.05) is 91.0 Å². The molecule has 2 N–H and O–H groups in total. The second kappa shape index (κ2) is 5.74. The highest BCUT2D eigenvalue weighted by Crippen LogP contribution is 2.59. The number of fused-ring (bicyclic) bond motifs is 3. The van der Waals surface area contributed by atoms with Gasteiger partial charge < -0.3 is 5.73 Å². The summed E-state index contributed by atoms with van der Waals surface area (Å²) >= 11 is 0. The van der Waals surface area contributed by atoms with E-state index >= 15 is 0 Å². The van der Waals surface area contributed by atoms with Crippen LogP contribution in [-0.2, 0) is 5.41 Å². The second-order valence-corrected chi connectivity index (χ2v) is 7.19. The second-order valence-electron chi connectivity index (χ2n) is 7.19. The number of nitrogens with two attached hydrogens (primary N) is 1. The molecule has 26 heavy (non-hydrogen) atoms. The van der Waals surface area contributed by atoms with Gasteiger partial charge in [-0.3, -0.25) is 0 Å². The fraction of sp³-hybridized carbons (Fsp3) is 0.120. The van der Waals surface area contributed by atoms with Crippen LogP contribution in [0.25, 0.3) is 0 Å². The minimum Gasteiger partial charge on any atom is -0.402 e. The van der Waals surface area contributed by atoms with Gasteiger partial charge in [0.2, 0.25) is 0 Å². The van der Waals surface area contributed by atoms with Gasteiger partial charge in [0.1, 0.15) is 0 Å². The Kier molecular flexibility index (Phi) is 3.36. The third-order valence-electron chi connectivity index (χ3n) is 5.88. The largest absolute Gasteiger partial charge is 0.402 e. The number of allylic oxidation sites excluding steroid dienone is 4. The maximum absolute atomic E-state index is 6.23. The van der Waals surface area contributed by atoms with E-state index in [1.54, 1.807) is 0 Å². The van der Waals surface area contributed by atoms with Gasteiger partial charge in [0.25, 0.3) is 0 Å². The van der Waals surface area contributed by atoms with Crippen LogP contribution in [0.3, 0.4) is 0 Å². The van der Waals surface area contributed by atoms with E-state index in [2.05, 4.69) is 97.1 Å². The van der Waals surface area contributed by atoms with Gasteiger partial charge in [-0.05, 0) is 40.3 Å². The van der Waals surface area contributed by atoms with Crippen molar-refractivity contribution in [3.8, 4) is 0 Å². The molecule has 1 heteroatoms. The summed E-state index contributed by atoms with van der Waals surface area (Å²) in [5, 5.41) is 0. The molecule has 3 aromatic rings. The zero-order valence-corrected chi connectivity index (χ0v) is 14.6. The van der Waals surface area contributed by atoms with Gasteiger partial charge in [-0.15, -0.1) is 0 Å². The Balaban J connectivity index is 1.92. The van der Waals surface area contributed by atoms with Crippen molar-refractivity contribution in [3.63, 3.8) is 0 Å². The summed E-state index contributed by atoms with van der Waals surface area (Å²) in [6.45, 7) is 0. The van der Waals surface area contributed by atoms with Crippen molar-refractivity contribution in [2.24, 2.45) is 5.73 Å². The van der Waals surface area contributed by atoms with Crippen LogP contribution >= 0.6 is 0 Å². The zero-order valence-electron chi connectivity index (χ0n) is 14.6. The predicted octanol–water partition coefficient (Wildman–Crippen LogP) is 5.29. The summed E-state index contributed by atoms with van der Waals surface area (Å²) in [4.78, 5) is 0. The van der Waals surface area contributed by atoms with Crippen LogP contribution in [0, 0.1) is 0 Å². The van der Waals surface area contributed by atoms with E-state index in [1.165, 1.54) is 27.8 Å². The van der Waals surface area contributed by atoms with Crippen molar-refractivity contribution >= 4 is 0 Å². The summed E-state index contributed by atoms with van der Waals surface area (Å²) < 4.78 is 0. The average Bonchev–Trinajstić information content (AvgIpc) is 3.00.